The molecule has 0 aromatic heterocycles. The molecule has 0 atom stereocenters. The van der Waals surface area contributed by atoms with E-state index in [1.54, 1.807) is 18.2 Å². The minimum absolute atomic E-state index is 0.162. The molecule has 4 rings (SSSR count). The van der Waals surface area contributed by atoms with Crippen molar-refractivity contribution in [3.05, 3.63) is 59.4 Å². The van der Waals surface area contributed by atoms with Crippen molar-refractivity contribution in [2.24, 2.45) is 5.92 Å². The first kappa shape index (κ1) is 17.0. The second-order valence-electron chi connectivity index (χ2n) is 6.85. The van der Waals surface area contributed by atoms with Crippen LogP contribution >= 0.6 is 0 Å². The van der Waals surface area contributed by atoms with Gasteiger partial charge < -0.3 is 4.90 Å². The summed E-state index contributed by atoms with van der Waals surface area (Å²) in [6, 6.07) is 10.7. The van der Waals surface area contributed by atoms with E-state index in [1.165, 1.54) is 24.3 Å². The maximum atomic E-state index is 12.9. The fourth-order valence-corrected chi connectivity index (χ4v) is 4.45. The number of carbonyl (C=O) groups excluding carboxylic acids is 1. The Morgan fingerprint density at radius 1 is 1.15 bits per heavy atom. The van der Waals surface area contributed by atoms with Gasteiger partial charge in [-0.05, 0) is 60.7 Å². The number of fused-ring (bicyclic) bond motifs is 1. The van der Waals surface area contributed by atoms with Crippen molar-refractivity contribution in [3.63, 3.8) is 0 Å². The molecule has 2 aromatic rings. The van der Waals surface area contributed by atoms with Gasteiger partial charge in [0, 0.05) is 23.8 Å². The lowest BCUT2D eigenvalue weighted by atomic mass is 10.1. The van der Waals surface area contributed by atoms with Gasteiger partial charge in [-0.25, -0.2) is 12.8 Å². The molecule has 5 nitrogen and oxygen atoms in total. The summed E-state index contributed by atoms with van der Waals surface area (Å²) in [5.74, 6) is -0.289. The zero-order valence-corrected chi connectivity index (χ0v) is 14.9. The second kappa shape index (κ2) is 6.39. The largest absolute Gasteiger partial charge is 0.312 e. The highest BCUT2D eigenvalue weighted by molar-refractivity contribution is 7.91. The van der Waals surface area contributed by atoms with E-state index in [0.717, 1.165) is 30.5 Å². The van der Waals surface area contributed by atoms with Crippen LogP contribution in [0.15, 0.2) is 42.5 Å². The minimum atomic E-state index is -3.60. The maximum absolute atomic E-state index is 12.9. The van der Waals surface area contributed by atoms with Gasteiger partial charge in [-0.1, -0.05) is 12.1 Å². The van der Waals surface area contributed by atoms with E-state index in [0.29, 0.717) is 17.8 Å². The van der Waals surface area contributed by atoms with Gasteiger partial charge in [0.15, 0.2) is 0 Å². The van der Waals surface area contributed by atoms with Crippen molar-refractivity contribution < 1.29 is 17.6 Å². The standard InChI is InChI=1S/C19H19FN2O3S/c20-16-5-1-13(2-6-16)12-26(24,25)21-17-7-8-18-15(11-17)9-10-22(18)19(23)14-3-4-14/h1-2,5-8,11,14,21H,3-4,9-10,12H2. The summed E-state index contributed by atoms with van der Waals surface area (Å²) >= 11 is 0. The molecule has 1 fully saturated rings. The summed E-state index contributed by atoms with van der Waals surface area (Å²) in [6.45, 7) is 0.649. The third-order valence-electron chi connectivity index (χ3n) is 4.71. The lowest BCUT2D eigenvalue weighted by Crippen LogP contribution is -2.30. The molecule has 1 saturated carbocycles. The predicted molar refractivity (Wildman–Crippen MR) is 97.9 cm³/mol. The molecule has 0 saturated heterocycles. The molecule has 1 heterocycles. The molecule has 1 amide bonds. The third kappa shape index (κ3) is 3.58. The van der Waals surface area contributed by atoms with Crippen molar-refractivity contribution in [2.45, 2.75) is 25.0 Å². The number of anilines is 2. The van der Waals surface area contributed by atoms with E-state index in [1.807, 2.05) is 4.90 Å². The number of amides is 1. The summed E-state index contributed by atoms with van der Waals surface area (Å²) in [5.41, 5.74) is 2.84. The topological polar surface area (TPSA) is 66.5 Å². The van der Waals surface area contributed by atoms with Crippen LogP contribution in [0.5, 0.6) is 0 Å². The highest BCUT2D eigenvalue weighted by Crippen LogP contribution is 2.37. The van der Waals surface area contributed by atoms with Crippen LogP contribution in [-0.2, 0) is 27.0 Å². The van der Waals surface area contributed by atoms with Crippen LogP contribution in [0, 0.1) is 11.7 Å². The average molecular weight is 374 g/mol. The fourth-order valence-electron chi connectivity index (χ4n) is 3.26. The Morgan fingerprint density at radius 2 is 1.88 bits per heavy atom. The Labute approximate surface area is 151 Å². The maximum Gasteiger partial charge on any atom is 0.236 e. The van der Waals surface area contributed by atoms with Crippen molar-refractivity contribution in [3.8, 4) is 0 Å². The van der Waals surface area contributed by atoms with E-state index in [2.05, 4.69) is 4.72 Å². The highest BCUT2D eigenvalue weighted by Gasteiger charge is 2.36. The summed E-state index contributed by atoms with van der Waals surface area (Å²) in [6.07, 6.45) is 2.65. The Kier molecular flexibility index (Phi) is 4.19. The summed E-state index contributed by atoms with van der Waals surface area (Å²) in [4.78, 5) is 14.1. The number of carbonyl (C=O) groups is 1. The van der Waals surface area contributed by atoms with Crippen LogP contribution in [0.1, 0.15) is 24.0 Å². The molecule has 0 spiro atoms. The molecule has 1 aliphatic carbocycles. The first-order valence-corrected chi connectivity index (χ1v) is 10.3. The smallest absolute Gasteiger partial charge is 0.236 e. The number of rotatable bonds is 5. The number of sulfonamides is 1. The Balaban J connectivity index is 1.48. The zero-order chi connectivity index (χ0) is 18.3. The average Bonchev–Trinajstić information content (AvgIpc) is 3.36. The number of hydrogen-bond donors (Lipinski definition) is 1. The zero-order valence-electron chi connectivity index (χ0n) is 14.1. The number of benzene rings is 2. The van der Waals surface area contributed by atoms with Crippen LogP contribution in [-0.4, -0.2) is 20.9 Å². The molecule has 0 unspecified atom stereocenters. The van der Waals surface area contributed by atoms with E-state index < -0.39 is 15.8 Å². The molecule has 0 radical (unpaired) electrons. The highest BCUT2D eigenvalue weighted by atomic mass is 32.2. The number of hydrogen-bond acceptors (Lipinski definition) is 3. The molecule has 0 bridgehead atoms. The SMILES string of the molecule is O=C(C1CC1)N1CCc2cc(NS(=O)(=O)Cc3ccc(F)cc3)ccc21. The summed E-state index contributed by atoms with van der Waals surface area (Å²) in [5, 5.41) is 0. The van der Waals surface area contributed by atoms with Crippen LogP contribution in [0.4, 0.5) is 15.8 Å². The van der Waals surface area contributed by atoms with E-state index in [4.69, 9.17) is 0 Å². The van der Waals surface area contributed by atoms with E-state index >= 15 is 0 Å². The van der Waals surface area contributed by atoms with Crippen molar-refractivity contribution in [2.75, 3.05) is 16.2 Å². The Hall–Kier alpha value is -2.41. The predicted octanol–water partition coefficient (Wildman–Crippen LogP) is 3.07. The molecule has 7 heteroatoms. The molecule has 2 aromatic carbocycles. The third-order valence-corrected chi connectivity index (χ3v) is 5.97. The molecular weight excluding hydrogens is 355 g/mol. The van der Waals surface area contributed by atoms with Crippen molar-refractivity contribution >= 4 is 27.3 Å². The van der Waals surface area contributed by atoms with Crippen LogP contribution in [0.25, 0.3) is 0 Å². The van der Waals surface area contributed by atoms with Crippen molar-refractivity contribution in [1.82, 2.24) is 0 Å². The second-order valence-corrected chi connectivity index (χ2v) is 8.57. The lowest BCUT2D eigenvalue weighted by molar-refractivity contribution is -0.119. The monoisotopic (exact) mass is 374 g/mol. The van der Waals surface area contributed by atoms with Gasteiger partial charge in [0.1, 0.15) is 5.82 Å². The van der Waals surface area contributed by atoms with Crippen LogP contribution < -0.4 is 9.62 Å². The fraction of sp³-hybridized carbons (Fsp3) is 0.316. The minimum Gasteiger partial charge on any atom is -0.312 e. The molecular formula is C19H19FN2O3S. The summed E-state index contributed by atoms with van der Waals surface area (Å²) < 4.78 is 40.2. The van der Waals surface area contributed by atoms with Gasteiger partial charge in [-0.15, -0.1) is 0 Å². The Bertz CT molecular complexity index is 953. The first-order chi connectivity index (χ1) is 12.4. The van der Waals surface area contributed by atoms with Crippen LogP contribution in [0.3, 0.4) is 0 Å². The quantitative estimate of drug-likeness (QED) is 0.875. The van der Waals surface area contributed by atoms with Gasteiger partial charge in [0.25, 0.3) is 0 Å². The Morgan fingerprint density at radius 3 is 2.58 bits per heavy atom. The summed E-state index contributed by atoms with van der Waals surface area (Å²) in [7, 11) is -3.60. The molecule has 2 aliphatic rings. The van der Waals surface area contributed by atoms with Crippen molar-refractivity contribution in [1.29, 1.82) is 0 Å². The number of halogens is 1. The normalized spacial score (nSPS) is 16.4. The number of nitrogens with one attached hydrogen (secondary N) is 1. The lowest BCUT2D eigenvalue weighted by Gasteiger charge is -2.17. The van der Waals surface area contributed by atoms with Gasteiger partial charge in [-0.3, -0.25) is 9.52 Å². The van der Waals surface area contributed by atoms with E-state index in [9.17, 15) is 17.6 Å². The molecule has 1 N–H and O–H groups in total. The molecule has 1 aliphatic heterocycles. The molecule has 136 valence electrons. The molecule has 26 heavy (non-hydrogen) atoms. The van der Waals surface area contributed by atoms with Crippen LogP contribution in [0.2, 0.25) is 0 Å². The van der Waals surface area contributed by atoms with E-state index in [-0.39, 0.29) is 17.6 Å². The van der Waals surface area contributed by atoms with Gasteiger partial charge in [-0.2, -0.15) is 0 Å². The van der Waals surface area contributed by atoms with Gasteiger partial charge in [0.2, 0.25) is 15.9 Å². The van der Waals surface area contributed by atoms with Gasteiger partial charge >= 0.3 is 0 Å². The van der Waals surface area contributed by atoms with Gasteiger partial charge in [0.05, 0.1) is 5.75 Å². The number of nitrogens with zero attached hydrogens (tertiary/aromatic N) is 1. The first-order valence-electron chi connectivity index (χ1n) is 8.60.